The van der Waals surface area contributed by atoms with Crippen molar-refractivity contribution in [2.75, 3.05) is 32.8 Å². The third-order valence-electron chi connectivity index (χ3n) is 5.33. The van der Waals surface area contributed by atoms with Gasteiger partial charge < -0.3 is 15.8 Å². The van der Waals surface area contributed by atoms with Crippen LogP contribution in [0.3, 0.4) is 0 Å². The van der Waals surface area contributed by atoms with Gasteiger partial charge in [-0.2, -0.15) is 0 Å². The topological polar surface area (TPSA) is 67.6 Å². The molecule has 0 bridgehead atoms. The molecule has 1 aliphatic heterocycles. The van der Waals surface area contributed by atoms with E-state index in [2.05, 4.69) is 17.1 Å². The first-order valence-corrected chi connectivity index (χ1v) is 8.90. The zero-order valence-corrected chi connectivity index (χ0v) is 14.3. The third-order valence-corrected chi connectivity index (χ3v) is 5.33. The minimum absolute atomic E-state index is 0.00689. The minimum atomic E-state index is -0.754. The normalized spacial score (nSPS) is 25.4. The van der Waals surface area contributed by atoms with E-state index in [1.807, 2.05) is 6.92 Å². The summed E-state index contributed by atoms with van der Waals surface area (Å²) in [4.78, 5) is 15.0. The smallest absolute Gasteiger partial charge is 0.239 e. The van der Waals surface area contributed by atoms with Gasteiger partial charge in [-0.3, -0.25) is 9.69 Å². The Hall–Kier alpha value is -0.650. The summed E-state index contributed by atoms with van der Waals surface area (Å²) in [5.74, 6) is -0.00689. The van der Waals surface area contributed by atoms with E-state index in [9.17, 15) is 4.79 Å². The predicted octanol–water partition coefficient (Wildman–Crippen LogP) is 1.66. The van der Waals surface area contributed by atoms with Crippen LogP contribution in [0.5, 0.6) is 0 Å². The van der Waals surface area contributed by atoms with Crippen LogP contribution in [-0.2, 0) is 9.53 Å². The number of ether oxygens (including phenoxy) is 1. The van der Waals surface area contributed by atoms with Gasteiger partial charge in [0.2, 0.25) is 5.91 Å². The van der Waals surface area contributed by atoms with Gasteiger partial charge in [-0.1, -0.05) is 32.6 Å². The molecule has 0 aromatic heterocycles. The molecule has 0 aromatic rings. The highest BCUT2D eigenvalue weighted by molar-refractivity contribution is 5.85. The molecule has 1 saturated carbocycles. The summed E-state index contributed by atoms with van der Waals surface area (Å²) in [6, 6.07) is 0. The first-order chi connectivity index (χ1) is 10.5. The van der Waals surface area contributed by atoms with Crippen molar-refractivity contribution in [2.24, 2.45) is 5.73 Å². The Morgan fingerprint density at radius 3 is 2.50 bits per heavy atom. The van der Waals surface area contributed by atoms with Gasteiger partial charge in [-0.05, 0) is 26.2 Å². The molecule has 0 aromatic carbocycles. The third kappa shape index (κ3) is 4.21. The molecule has 2 fully saturated rings. The molecule has 1 heterocycles. The fourth-order valence-electron chi connectivity index (χ4n) is 3.93. The number of hydrogen-bond donors (Lipinski definition) is 2. The van der Waals surface area contributed by atoms with E-state index in [0.717, 1.165) is 45.7 Å². The largest absolute Gasteiger partial charge is 0.379 e. The molecule has 5 heteroatoms. The minimum Gasteiger partial charge on any atom is -0.379 e. The maximum Gasteiger partial charge on any atom is 0.239 e. The lowest BCUT2D eigenvalue weighted by Gasteiger charge is -2.48. The summed E-state index contributed by atoms with van der Waals surface area (Å²) in [6.07, 6.45) is 7.80. The number of carbonyl (C=O) groups excluding carboxylic acids is 1. The lowest BCUT2D eigenvalue weighted by atomic mass is 9.79. The number of morpholine rings is 1. The Bertz CT molecular complexity index is 359. The van der Waals surface area contributed by atoms with Crippen LogP contribution >= 0.6 is 0 Å². The van der Waals surface area contributed by atoms with E-state index >= 15 is 0 Å². The molecule has 0 spiro atoms. The zero-order valence-electron chi connectivity index (χ0n) is 14.3. The molecule has 2 rings (SSSR count). The van der Waals surface area contributed by atoms with Crippen molar-refractivity contribution in [2.45, 2.75) is 69.9 Å². The van der Waals surface area contributed by atoms with Crippen LogP contribution in [0, 0.1) is 0 Å². The molecule has 128 valence electrons. The van der Waals surface area contributed by atoms with Gasteiger partial charge in [0, 0.05) is 25.2 Å². The average molecular weight is 311 g/mol. The Morgan fingerprint density at radius 2 is 1.91 bits per heavy atom. The summed E-state index contributed by atoms with van der Waals surface area (Å²) < 4.78 is 5.50. The maximum absolute atomic E-state index is 12.4. The molecule has 0 radical (unpaired) electrons. The second-order valence-corrected chi connectivity index (χ2v) is 7.23. The Labute approximate surface area is 134 Å². The van der Waals surface area contributed by atoms with Gasteiger partial charge in [0.05, 0.1) is 18.8 Å². The van der Waals surface area contributed by atoms with Crippen LogP contribution in [-0.4, -0.2) is 54.7 Å². The standard InChI is InChI=1S/C17H33N3O2/c1-3-7-16(2,18)15(21)19-14-17(8-5-4-6-9-17)20-10-12-22-13-11-20/h3-14,18H2,1-2H3,(H,19,21). The highest BCUT2D eigenvalue weighted by Crippen LogP contribution is 2.34. The van der Waals surface area contributed by atoms with Gasteiger partial charge >= 0.3 is 0 Å². The number of nitrogens with two attached hydrogens (primary N) is 1. The van der Waals surface area contributed by atoms with Gasteiger partial charge in [0.25, 0.3) is 0 Å². The first-order valence-electron chi connectivity index (χ1n) is 8.90. The van der Waals surface area contributed by atoms with E-state index in [1.54, 1.807) is 0 Å². The van der Waals surface area contributed by atoms with Crippen molar-refractivity contribution in [3.8, 4) is 0 Å². The summed E-state index contributed by atoms with van der Waals surface area (Å²) >= 11 is 0. The highest BCUT2D eigenvalue weighted by Gasteiger charge is 2.39. The Balaban J connectivity index is 1.99. The lowest BCUT2D eigenvalue weighted by molar-refractivity contribution is -0.127. The van der Waals surface area contributed by atoms with Crippen LogP contribution in [0.1, 0.15) is 58.8 Å². The van der Waals surface area contributed by atoms with Crippen LogP contribution < -0.4 is 11.1 Å². The summed E-state index contributed by atoms with van der Waals surface area (Å²) in [7, 11) is 0. The molecule has 3 N–H and O–H groups in total. The van der Waals surface area contributed by atoms with Crippen LogP contribution in [0.4, 0.5) is 0 Å². The van der Waals surface area contributed by atoms with E-state index in [0.29, 0.717) is 0 Å². The monoisotopic (exact) mass is 311 g/mol. The second kappa shape index (κ2) is 7.75. The summed E-state index contributed by atoms with van der Waals surface area (Å²) in [5.41, 5.74) is 5.52. The molecule has 5 nitrogen and oxygen atoms in total. The van der Waals surface area contributed by atoms with Crippen molar-refractivity contribution < 1.29 is 9.53 Å². The summed E-state index contributed by atoms with van der Waals surface area (Å²) in [6.45, 7) is 8.20. The fourth-order valence-corrected chi connectivity index (χ4v) is 3.93. The SMILES string of the molecule is CCCC(C)(N)C(=O)NCC1(N2CCOCC2)CCCCC1. The molecule has 22 heavy (non-hydrogen) atoms. The molecular formula is C17H33N3O2. The quantitative estimate of drug-likeness (QED) is 0.783. The van der Waals surface area contributed by atoms with Gasteiger partial charge in [-0.15, -0.1) is 0 Å². The average Bonchev–Trinajstić information content (AvgIpc) is 2.54. The first kappa shape index (κ1) is 17.7. The maximum atomic E-state index is 12.4. The van der Waals surface area contributed by atoms with Crippen molar-refractivity contribution >= 4 is 5.91 Å². The molecule has 1 atom stereocenters. The number of amides is 1. The highest BCUT2D eigenvalue weighted by atomic mass is 16.5. The number of nitrogens with one attached hydrogen (secondary N) is 1. The molecule has 1 aliphatic carbocycles. The van der Waals surface area contributed by atoms with E-state index in [-0.39, 0.29) is 11.4 Å². The molecular weight excluding hydrogens is 278 g/mol. The molecule has 2 aliphatic rings. The van der Waals surface area contributed by atoms with E-state index in [1.165, 1.54) is 32.1 Å². The number of nitrogens with zero attached hydrogens (tertiary/aromatic N) is 1. The molecule has 1 saturated heterocycles. The zero-order chi connectivity index (χ0) is 16.1. The van der Waals surface area contributed by atoms with Crippen molar-refractivity contribution in [3.63, 3.8) is 0 Å². The van der Waals surface area contributed by atoms with Crippen molar-refractivity contribution in [1.82, 2.24) is 10.2 Å². The van der Waals surface area contributed by atoms with Gasteiger partial charge in [-0.25, -0.2) is 0 Å². The predicted molar refractivity (Wildman–Crippen MR) is 88.7 cm³/mol. The second-order valence-electron chi connectivity index (χ2n) is 7.23. The van der Waals surface area contributed by atoms with Crippen LogP contribution in [0.15, 0.2) is 0 Å². The molecule has 1 amide bonds. The number of hydrogen-bond acceptors (Lipinski definition) is 4. The lowest BCUT2D eigenvalue weighted by Crippen LogP contribution is -2.62. The van der Waals surface area contributed by atoms with Gasteiger partial charge in [0.15, 0.2) is 0 Å². The summed E-state index contributed by atoms with van der Waals surface area (Å²) in [5, 5.41) is 3.17. The number of carbonyl (C=O) groups is 1. The van der Waals surface area contributed by atoms with Crippen LogP contribution in [0.2, 0.25) is 0 Å². The van der Waals surface area contributed by atoms with Crippen LogP contribution in [0.25, 0.3) is 0 Å². The molecule has 1 unspecified atom stereocenters. The van der Waals surface area contributed by atoms with Crippen molar-refractivity contribution in [1.29, 1.82) is 0 Å². The fraction of sp³-hybridized carbons (Fsp3) is 0.941. The number of rotatable bonds is 6. The Kier molecular flexibility index (Phi) is 6.24. The van der Waals surface area contributed by atoms with E-state index < -0.39 is 5.54 Å². The van der Waals surface area contributed by atoms with Crippen molar-refractivity contribution in [3.05, 3.63) is 0 Å². The van der Waals surface area contributed by atoms with Gasteiger partial charge in [0.1, 0.15) is 0 Å². The Morgan fingerprint density at radius 1 is 1.27 bits per heavy atom. The van der Waals surface area contributed by atoms with E-state index in [4.69, 9.17) is 10.5 Å².